The van der Waals surface area contributed by atoms with Crippen molar-refractivity contribution in [3.8, 4) is 0 Å². The maximum Gasteiger partial charge on any atom is 0.0462 e. The third-order valence-electron chi connectivity index (χ3n) is 1.02. The van der Waals surface area contributed by atoms with Crippen LogP contribution in [0.2, 0.25) is 0 Å². The molecule has 0 saturated heterocycles. The minimum atomic E-state index is 0.0938. The monoisotopic (exact) mass is 164 g/mol. The molecule has 11 heavy (non-hydrogen) atoms. The zero-order valence-electron chi connectivity index (χ0n) is 7.55. The van der Waals surface area contributed by atoms with Crippen LogP contribution in [0.4, 0.5) is 0 Å². The fraction of sp³-hybridized carbons (Fsp3) is 1.00. The van der Waals surface area contributed by atoms with Crippen molar-refractivity contribution in [2.75, 3.05) is 26.9 Å². The van der Waals surface area contributed by atoms with Gasteiger partial charge in [-0.2, -0.15) is 0 Å². The maximum absolute atomic E-state index is 7.91. The summed E-state index contributed by atoms with van der Waals surface area (Å²) >= 11 is 0. The van der Waals surface area contributed by atoms with Crippen LogP contribution in [-0.2, 0) is 4.74 Å². The second kappa shape index (κ2) is 16.5. The Morgan fingerprint density at radius 1 is 1.09 bits per heavy atom. The molecule has 0 bridgehead atoms. The smallest absolute Gasteiger partial charge is 0.0462 e. The van der Waals surface area contributed by atoms with E-state index in [0.717, 1.165) is 6.61 Å². The van der Waals surface area contributed by atoms with Crippen molar-refractivity contribution in [3.05, 3.63) is 0 Å². The van der Waals surface area contributed by atoms with Crippen molar-refractivity contribution in [2.24, 2.45) is 0 Å². The highest BCUT2D eigenvalue weighted by Crippen LogP contribution is 1.83. The molecular weight excluding hydrogens is 144 g/mol. The van der Waals surface area contributed by atoms with Gasteiger partial charge in [0, 0.05) is 26.9 Å². The maximum atomic E-state index is 7.91. The molecule has 3 nitrogen and oxygen atoms in total. The summed E-state index contributed by atoms with van der Waals surface area (Å²) in [7, 11) is 1.73. The van der Waals surface area contributed by atoms with E-state index in [9.17, 15) is 0 Å². The molecule has 0 aliphatic carbocycles. The molecule has 0 aliphatic rings. The summed E-state index contributed by atoms with van der Waals surface area (Å²) in [6, 6.07) is 0. The Labute approximate surface area is 69.0 Å². The zero-order chi connectivity index (χ0) is 8.95. The zero-order valence-corrected chi connectivity index (χ0v) is 7.55. The Kier molecular flexibility index (Phi) is 20.2. The van der Waals surface area contributed by atoms with Crippen LogP contribution >= 0.6 is 0 Å². The molecule has 0 rings (SSSR count). The Morgan fingerprint density at radius 3 is 1.73 bits per heavy atom. The van der Waals surface area contributed by atoms with Gasteiger partial charge in [-0.1, -0.05) is 13.3 Å². The SMILES string of the molecule is CCCCOC.OCCCO. The molecule has 0 aromatic heterocycles. The van der Waals surface area contributed by atoms with Gasteiger partial charge < -0.3 is 14.9 Å². The highest BCUT2D eigenvalue weighted by Gasteiger charge is 1.74. The van der Waals surface area contributed by atoms with E-state index in [0.29, 0.717) is 6.42 Å². The fourth-order valence-electron chi connectivity index (χ4n) is 0.359. The fourth-order valence-corrected chi connectivity index (χ4v) is 0.359. The van der Waals surface area contributed by atoms with Gasteiger partial charge in [-0.15, -0.1) is 0 Å². The molecule has 0 aromatic rings. The van der Waals surface area contributed by atoms with Crippen LogP contribution in [0.25, 0.3) is 0 Å². The van der Waals surface area contributed by atoms with E-state index in [4.69, 9.17) is 14.9 Å². The first-order valence-electron chi connectivity index (χ1n) is 4.04. The van der Waals surface area contributed by atoms with Crippen molar-refractivity contribution in [2.45, 2.75) is 26.2 Å². The lowest BCUT2D eigenvalue weighted by atomic mass is 10.4. The molecular formula is C8H20O3. The summed E-state index contributed by atoms with van der Waals surface area (Å²) in [6.07, 6.45) is 2.92. The van der Waals surface area contributed by atoms with Crippen molar-refractivity contribution >= 4 is 0 Å². The van der Waals surface area contributed by atoms with E-state index in [2.05, 4.69) is 6.92 Å². The quantitative estimate of drug-likeness (QED) is 0.591. The van der Waals surface area contributed by atoms with Crippen LogP contribution in [0.1, 0.15) is 26.2 Å². The first-order valence-corrected chi connectivity index (χ1v) is 4.04. The van der Waals surface area contributed by atoms with Gasteiger partial charge in [-0.3, -0.25) is 0 Å². The van der Waals surface area contributed by atoms with E-state index in [1.165, 1.54) is 12.8 Å². The van der Waals surface area contributed by atoms with E-state index in [1.807, 2.05) is 0 Å². The normalized spacial score (nSPS) is 8.73. The van der Waals surface area contributed by atoms with Gasteiger partial charge in [0.1, 0.15) is 0 Å². The molecule has 0 radical (unpaired) electrons. The van der Waals surface area contributed by atoms with Gasteiger partial charge in [0.15, 0.2) is 0 Å². The Hall–Kier alpha value is -0.120. The third kappa shape index (κ3) is 25.8. The summed E-state index contributed by atoms with van der Waals surface area (Å²) < 4.78 is 4.78. The van der Waals surface area contributed by atoms with Crippen LogP contribution in [0.3, 0.4) is 0 Å². The molecule has 2 N–H and O–H groups in total. The molecule has 3 heteroatoms. The third-order valence-corrected chi connectivity index (χ3v) is 1.02. The molecule has 0 aromatic carbocycles. The van der Waals surface area contributed by atoms with Gasteiger partial charge in [0.2, 0.25) is 0 Å². The predicted octanol–water partition coefficient (Wildman–Crippen LogP) is 0.794. The summed E-state index contributed by atoms with van der Waals surface area (Å²) in [5.41, 5.74) is 0. The van der Waals surface area contributed by atoms with Gasteiger partial charge in [0.05, 0.1) is 0 Å². The number of ether oxygens (including phenoxy) is 1. The summed E-state index contributed by atoms with van der Waals surface area (Å²) in [5.74, 6) is 0. The Morgan fingerprint density at radius 2 is 1.64 bits per heavy atom. The molecule has 0 unspecified atom stereocenters. The second-order valence-corrected chi connectivity index (χ2v) is 2.15. The first kappa shape index (κ1) is 13.5. The minimum absolute atomic E-state index is 0.0938. The lowest BCUT2D eigenvalue weighted by molar-refractivity contribution is 0.194. The van der Waals surface area contributed by atoms with Gasteiger partial charge >= 0.3 is 0 Å². The number of hydrogen-bond acceptors (Lipinski definition) is 3. The highest BCUT2D eigenvalue weighted by molar-refractivity contribution is 4.26. The van der Waals surface area contributed by atoms with Crippen LogP contribution in [-0.4, -0.2) is 37.1 Å². The van der Waals surface area contributed by atoms with Crippen molar-refractivity contribution in [3.63, 3.8) is 0 Å². The standard InChI is InChI=1S/C5H12O.C3H8O2/c1-3-4-5-6-2;4-2-1-3-5/h3-5H2,1-2H3;4-5H,1-3H2. The molecule has 0 saturated carbocycles. The molecule has 70 valence electrons. The number of hydrogen-bond donors (Lipinski definition) is 2. The molecule has 0 heterocycles. The lowest BCUT2D eigenvalue weighted by Crippen LogP contribution is -1.85. The number of aliphatic hydroxyl groups excluding tert-OH is 2. The average Bonchev–Trinajstić information content (AvgIpc) is 2.04. The van der Waals surface area contributed by atoms with Gasteiger partial charge in [-0.05, 0) is 12.8 Å². The molecule has 0 amide bonds. The second-order valence-electron chi connectivity index (χ2n) is 2.15. The average molecular weight is 164 g/mol. The summed E-state index contributed by atoms with van der Waals surface area (Å²) in [6.45, 7) is 3.25. The molecule has 0 fully saturated rings. The number of unbranched alkanes of at least 4 members (excludes halogenated alkanes) is 1. The lowest BCUT2D eigenvalue weighted by Gasteiger charge is -1.89. The van der Waals surface area contributed by atoms with Gasteiger partial charge in [-0.25, -0.2) is 0 Å². The van der Waals surface area contributed by atoms with Crippen LogP contribution in [0, 0.1) is 0 Å². The molecule has 0 atom stereocenters. The minimum Gasteiger partial charge on any atom is -0.396 e. The molecule has 0 aliphatic heterocycles. The number of aliphatic hydroxyl groups is 2. The highest BCUT2D eigenvalue weighted by atomic mass is 16.5. The first-order chi connectivity index (χ1) is 5.33. The van der Waals surface area contributed by atoms with E-state index < -0.39 is 0 Å². The summed E-state index contributed by atoms with van der Waals surface area (Å²) in [5, 5.41) is 15.8. The van der Waals surface area contributed by atoms with Crippen LogP contribution in [0.5, 0.6) is 0 Å². The van der Waals surface area contributed by atoms with E-state index in [1.54, 1.807) is 7.11 Å². The Bertz CT molecular complexity index is 42.6. The van der Waals surface area contributed by atoms with E-state index in [-0.39, 0.29) is 13.2 Å². The topological polar surface area (TPSA) is 49.7 Å². The Balaban J connectivity index is 0. The summed E-state index contributed by atoms with van der Waals surface area (Å²) in [4.78, 5) is 0. The van der Waals surface area contributed by atoms with Gasteiger partial charge in [0.25, 0.3) is 0 Å². The predicted molar refractivity (Wildman–Crippen MR) is 45.6 cm³/mol. The number of rotatable bonds is 5. The number of methoxy groups -OCH3 is 1. The van der Waals surface area contributed by atoms with E-state index >= 15 is 0 Å². The van der Waals surface area contributed by atoms with Crippen LogP contribution in [0.15, 0.2) is 0 Å². The van der Waals surface area contributed by atoms with Crippen molar-refractivity contribution in [1.82, 2.24) is 0 Å². The largest absolute Gasteiger partial charge is 0.396 e. The van der Waals surface area contributed by atoms with Crippen molar-refractivity contribution in [1.29, 1.82) is 0 Å². The van der Waals surface area contributed by atoms with Crippen molar-refractivity contribution < 1.29 is 14.9 Å². The van der Waals surface area contributed by atoms with Crippen LogP contribution < -0.4 is 0 Å². The molecule has 0 spiro atoms.